The van der Waals surface area contributed by atoms with Crippen molar-refractivity contribution >= 4 is 29.1 Å². The maximum absolute atomic E-state index is 5.09. The lowest BCUT2D eigenvalue weighted by Crippen LogP contribution is -2.44. The van der Waals surface area contributed by atoms with E-state index in [2.05, 4.69) is 16.9 Å². The number of hydrogen-bond donors (Lipinski definition) is 2. The Kier molecular flexibility index (Phi) is 5.02. The van der Waals surface area contributed by atoms with Crippen LogP contribution < -0.4 is 10.6 Å². The third kappa shape index (κ3) is 3.31. The molecule has 14 heavy (non-hydrogen) atoms. The number of thioether (sulfide) groups is 1. The third-order valence-corrected chi connectivity index (χ3v) is 4.76. The van der Waals surface area contributed by atoms with Crippen molar-refractivity contribution in [2.75, 3.05) is 19.8 Å². The molecule has 0 heterocycles. The van der Waals surface area contributed by atoms with Gasteiger partial charge in [-0.1, -0.05) is 19.3 Å². The van der Waals surface area contributed by atoms with Gasteiger partial charge in [0.05, 0.1) is 0 Å². The molecule has 2 nitrogen and oxygen atoms in total. The molecule has 0 bridgehead atoms. The van der Waals surface area contributed by atoms with E-state index in [1.807, 2.05) is 18.8 Å². The smallest absolute Gasteiger partial charge is 0.166 e. The Bertz CT molecular complexity index is 189. The molecule has 1 saturated carbocycles. The molecule has 1 rings (SSSR count). The van der Waals surface area contributed by atoms with E-state index in [4.69, 9.17) is 12.2 Å². The lowest BCUT2D eigenvalue weighted by Gasteiger charge is -2.36. The first-order valence-electron chi connectivity index (χ1n) is 5.23. The van der Waals surface area contributed by atoms with Gasteiger partial charge in [-0.2, -0.15) is 11.8 Å². The van der Waals surface area contributed by atoms with E-state index in [0.717, 1.165) is 11.7 Å². The molecule has 2 N–H and O–H groups in total. The average Bonchev–Trinajstić information content (AvgIpc) is 2.27. The molecule has 0 aromatic carbocycles. The zero-order chi connectivity index (χ0) is 10.4. The topological polar surface area (TPSA) is 24.1 Å². The van der Waals surface area contributed by atoms with Gasteiger partial charge in [0.25, 0.3) is 0 Å². The minimum absolute atomic E-state index is 0.430. The van der Waals surface area contributed by atoms with E-state index < -0.39 is 0 Å². The highest BCUT2D eigenvalue weighted by atomic mass is 32.2. The van der Waals surface area contributed by atoms with E-state index in [1.54, 1.807) is 0 Å². The zero-order valence-corrected chi connectivity index (χ0v) is 10.7. The second-order valence-corrected chi connectivity index (χ2v) is 5.56. The van der Waals surface area contributed by atoms with Gasteiger partial charge in [-0.25, -0.2) is 0 Å². The summed E-state index contributed by atoms with van der Waals surface area (Å²) < 4.78 is 0.430. The molecule has 0 aliphatic heterocycles. The van der Waals surface area contributed by atoms with Crippen molar-refractivity contribution in [2.45, 2.75) is 36.9 Å². The van der Waals surface area contributed by atoms with Gasteiger partial charge in [-0.15, -0.1) is 0 Å². The molecule has 0 saturated heterocycles. The van der Waals surface area contributed by atoms with Gasteiger partial charge in [0, 0.05) is 18.3 Å². The molecule has 4 heteroatoms. The molecule has 0 atom stereocenters. The van der Waals surface area contributed by atoms with E-state index >= 15 is 0 Å². The summed E-state index contributed by atoms with van der Waals surface area (Å²) >= 11 is 7.09. The lowest BCUT2D eigenvalue weighted by molar-refractivity contribution is 0.395. The van der Waals surface area contributed by atoms with E-state index in [0.29, 0.717) is 4.75 Å². The number of nitrogens with one attached hydrogen (secondary N) is 2. The monoisotopic (exact) mass is 232 g/mol. The van der Waals surface area contributed by atoms with Crippen molar-refractivity contribution in [3.8, 4) is 0 Å². The summed E-state index contributed by atoms with van der Waals surface area (Å²) in [6.07, 6.45) is 9.01. The summed E-state index contributed by atoms with van der Waals surface area (Å²) in [4.78, 5) is 0. The van der Waals surface area contributed by atoms with Crippen molar-refractivity contribution in [3.63, 3.8) is 0 Å². The Morgan fingerprint density at radius 2 is 2.00 bits per heavy atom. The van der Waals surface area contributed by atoms with Gasteiger partial charge in [0.15, 0.2) is 5.11 Å². The highest BCUT2D eigenvalue weighted by Gasteiger charge is 2.30. The summed E-state index contributed by atoms with van der Waals surface area (Å²) in [5.41, 5.74) is 0. The predicted octanol–water partition coefficient (Wildman–Crippen LogP) is 2.15. The van der Waals surface area contributed by atoms with Crippen LogP contribution in [0.15, 0.2) is 0 Å². The van der Waals surface area contributed by atoms with E-state index in [-0.39, 0.29) is 0 Å². The fourth-order valence-electron chi connectivity index (χ4n) is 1.98. The van der Waals surface area contributed by atoms with Crippen LogP contribution in [0.5, 0.6) is 0 Å². The van der Waals surface area contributed by atoms with Crippen molar-refractivity contribution in [1.29, 1.82) is 0 Å². The Balaban J connectivity index is 2.39. The molecule has 0 unspecified atom stereocenters. The highest BCUT2D eigenvalue weighted by molar-refractivity contribution is 8.00. The predicted molar refractivity (Wildman–Crippen MR) is 69.0 cm³/mol. The molecule has 0 aromatic heterocycles. The van der Waals surface area contributed by atoms with Crippen molar-refractivity contribution in [2.24, 2.45) is 0 Å². The van der Waals surface area contributed by atoms with Gasteiger partial charge in [0.2, 0.25) is 0 Å². The minimum Gasteiger partial charge on any atom is -0.366 e. The van der Waals surface area contributed by atoms with Gasteiger partial charge < -0.3 is 10.6 Å². The van der Waals surface area contributed by atoms with Crippen LogP contribution >= 0.6 is 24.0 Å². The Morgan fingerprint density at radius 3 is 2.50 bits per heavy atom. The summed E-state index contributed by atoms with van der Waals surface area (Å²) in [5, 5.41) is 7.02. The molecule has 0 spiro atoms. The van der Waals surface area contributed by atoms with E-state index in [1.165, 1.54) is 32.1 Å². The van der Waals surface area contributed by atoms with Crippen LogP contribution in [0.3, 0.4) is 0 Å². The van der Waals surface area contributed by atoms with Crippen molar-refractivity contribution in [3.05, 3.63) is 0 Å². The molecule has 1 aliphatic carbocycles. The Labute approximate surface area is 96.6 Å². The number of hydrogen-bond acceptors (Lipinski definition) is 2. The summed E-state index contributed by atoms with van der Waals surface area (Å²) in [6, 6.07) is 0. The van der Waals surface area contributed by atoms with Gasteiger partial charge in [0.1, 0.15) is 0 Å². The number of rotatable bonds is 3. The lowest BCUT2D eigenvalue weighted by atomic mass is 9.88. The van der Waals surface area contributed by atoms with Crippen molar-refractivity contribution < 1.29 is 0 Å². The first kappa shape index (κ1) is 12.1. The van der Waals surface area contributed by atoms with Crippen LogP contribution in [-0.2, 0) is 0 Å². The second-order valence-electron chi connectivity index (χ2n) is 3.88. The second kappa shape index (κ2) is 5.81. The van der Waals surface area contributed by atoms with Gasteiger partial charge in [-0.3, -0.25) is 0 Å². The maximum Gasteiger partial charge on any atom is 0.166 e. The molecule has 1 fully saturated rings. The summed E-state index contributed by atoms with van der Waals surface area (Å²) in [6.45, 7) is 1.01. The van der Waals surface area contributed by atoms with E-state index in [9.17, 15) is 0 Å². The molecule has 0 amide bonds. The van der Waals surface area contributed by atoms with Gasteiger partial charge in [-0.05, 0) is 31.3 Å². The van der Waals surface area contributed by atoms with Crippen LogP contribution in [0.25, 0.3) is 0 Å². The van der Waals surface area contributed by atoms with Crippen LogP contribution in [0.2, 0.25) is 0 Å². The molecule has 82 valence electrons. The fourth-order valence-corrected chi connectivity index (χ4v) is 2.96. The normalized spacial score (nSPS) is 20.1. The fraction of sp³-hybridized carbons (Fsp3) is 0.900. The minimum atomic E-state index is 0.430. The highest BCUT2D eigenvalue weighted by Crippen LogP contribution is 2.37. The van der Waals surface area contributed by atoms with Crippen LogP contribution in [-0.4, -0.2) is 29.7 Å². The Hall–Kier alpha value is 0.0400. The van der Waals surface area contributed by atoms with Crippen molar-refractivity contribution in [1.82, 2.24) is 10.6 Å². The summed E-state index contributed by atoms with van der Waals surface area (Å²) in [7, 11) is 1.86. The largest absolute Gasteiger partial charge is 0.366 e. The first-order valence-corrected chi connectivity index (χ1v) is 6.86. The molecule has 0 aromatic rings. The van der Waals surface area contributed by atoms with Gasteiger partial charge >= 0.3 is 0 Å². The number of thiocarbonyl (C=S) groups is 1. The molecular weight excluding hydrogens is 212 g/mol. The quantitative estimate of drug-likeness (QED) is 0.728. The maximum atomic E-state index is 5.09. The average molecular weight is 232 g/mol. The molecule has 1 aliphatic rings. The van der Waals surface area contributed by atoms with Crippen LogP contribution in [0, 0.1) is 0 Å². The molecule has 0 radical (unpaired) electrons. The SMILES string of the molecule is CNC(=S)NCC1(SC)CCCCC1. The summed E-state index contributed by atoms with van der Waals surface area (Å²) in [5.74, 6) is 0. The zero-order valence-electron chi connectivity index (χ0n) is 9.06. The third-order valence-electron chi connectivity index (χ3n) is 3.00. The van der Waals surface area contributed by atoms with Crippen LogP contribution in [0.1, 0.15) is 32.1 Å². The molecular formula is C10H20N2S2. The van der Waals surface area contributed by atoms with Crippen LogP contribution in [0.4, 0.5) is 0 Å². The Morgan fingerprint density at radius 1 is 1.36 bits per heavy atom. The first-order chi connectivity index (χ1) is 6.72. The standard InChI is InChI=1S/C10H20N2S2/c1-11-9(13)12-8-10(14-2)6-4-3-5-7-10/h3-8H2,1-2H3,(H2,11,12,13).